The molecule has 0 aliphatic carbocycles. The summed E-state index contributed by atoms with van der Waals surface area (Å²) in [6, 6.07) is 75.9. The summed E-state index contributed by atoms with van der Waals surface area (Å²) in [5.74, 6) is -0.927. The van der Waals surface area contributed by atoms with Crippen LogP contribution < -0.4 is 9.80 Å². The zero-order valence-corrected chi connectivity index (χ0v) is 40.4. The molecule has 12 aromatic carbocycles. The summed E-state index contributed by atoms with van der Waals surface area (Å²) in [4.78, 5) is 11.1. The molecule has 0 N–H and O–H groups in total. The molecular formula is C68H38F2N6. The van der Waals surface area contributed by atoms with Gasteiger partial charge in [0.1, 0.15) is 0 Å². The quantitative estimate of drug-likeness (QED) is 0.101. The predicted molar refractivity (Wildman–Crippen MR) is 303 cm³/mol. The van der Waals surface area contributed by atoms with Crippen LogP contribution >= 0.6 is 0 Å². The highest BCUT2D eigenvalue weighted by Crippen LogP contribution is 2.50. The maximum atomic E-state index is 18.0. The first-order valence-corrected chi connectivity index (χ1v) is 24.4. The molecule has 0 aliphatic heterocycles. The van der Waals surface area contributed by atoms with Gasteiger partial charge < -0.3 is 9.80 Å². The fourth-order valence-corrected chi connectivity index (χ4v) is 10.3. The molecule has 76 heavy (non-hydrogen) atoms. The maximum absolute atomic E-state index is 18.0. The first-order valence-electron chi connectivity index (χ1n) is 24.4. The Morgan fingerprint density at radius 2 is 0.711 bits per heavy atom. The van der Waals surface area contributed by atoms with E-state index in [1.165, 1.54) is 0 Å². The van der Waals surface area contributed by atoms with Gasteiger partial charge >= 0.3 is 0 Å². The smallest absolute Gasteiger partial charge is 0.187 e. The lowest BCUT2D eigenvalue weighted by Gasteiger charge is -2.30. The summed E-state index contributed by atoms with van der Waals surface area (Å²) >= 11 is 0. The van der Waals surface area contributed by atoms with E-state index in [4.69, 9.17) is 13.1 Å². The molecule has 0 spiro atoms. The largest absolute Gasteiger partial charge is 0.307 e. The van der Waals surface area contributed by atoms with Gasteiger partial charge in [-0.3, -0.25) is 0 Å². The maximum Gasteiger partial charge on any atom is 0.187 e. The van der Waals surface area contributed by atoms with Crippen molar-refractivity contribution in [2.24, 2.45) is 0 Å². The predicted octanol–water partition coefficient (Wildman–Crippen LogP) is 19.3. The normalized spacial score (nSPS) is 11.0. The number of anilines is 6. The molecule has 0 atom stereocenters. The molecule has 0 radical (unpaired) electrons. The average molecular weight is 977 g/mol. The molecule has 8 heteroatoms. The molecule has 0 saturated carbocycles. The van der Waals surface area contributed by atoms with E-state index in [0.717, 1.165) is 77.3 Å². The number of para-hydroxylation sites is 2. The van der Waals surface area contributed by atoms with Crippen LogP contribution in [0, 0.1) is 47.4 Å². The van der Waals surface area contributed by atoms with Gasteiger partial charge in [-0.25, -0.2) is 18.5 Å². The zero-order chi connectivity index (χ0) is 51.9. The Hall–Kier alpha value is -10.9. The summed E-state index contributed by atoms with van der Waals surface area (Å²) in [6.07, 6.45) is 0. The van der Waals surface area contributed by atoms with E-state index in [-0.39, 0.29) is 0 Å². The molecule has 6 nitrogen and oxygen atoms in total. The summed E-state index contributed by atoms with van der Waals surface area (Å²) in [5, 5.41) is 24.8. The van der Waals surface area contributed by atoms with E-state index in [0.29, 0.717) is 56.1 Å². The van der Waals surface area contributed by atoms with Gasteiger partial charge in [0.2, 0.25) is 0 Å². The Labute approximate surface area is 437 Å². The van der Waals surface area contributed by atoms with E-state index >= 15 is 8.78 Å². The molecule has 0 saturated heterocycles. The number of hydrogen-bond acceptors (Lipinski definition) is 4. The van der Waals surface area contributed by atoms with Gasteiger partial charge in [0.15, 0.2) is 23.0 Å². The lowest BCUT2D eigenvalue weighted by atomic mass is 9.91. The van der Waals surface area contributed by atoms with Gasteiger partial charge in [-0.2, -0.15) is 10.5 Å². The van der Waals surface area contributed by atoms with Crippen molar-refractivity contribution in [2.75, 3.05) is 9.80 Å². The number of benzene rings is 12. The second kappa shape index (κ2) is 19.3. The van der Waals surface area contributed by atoms with Crippen molar-refractivity contribution < 1.29 is 8.78 Å². The third-order valence-electron chi connectivity index (χ3n) is 14.0. The highest BCUT2D eigenvalue weighted by atomic mass is 19.1. The Bertz CT molecular complexity index is 4090. The fraction of sp³-hybridized carbons (Fsp3) is 0. The Kier molecular flexibility index (Phi) is 11.7. The molecule has 354 valence electrons. The highest BCUT2D eigenvalue weighted by Gasteiger charge is 2.27. The van der Waals surface area contributed by atoms with E-state index < -0.39 is 11.6 Å². The molecule has 12 aromatic rings. The summed E-state index contributed by atoms with van der Waals surface area (Å²) in [6.45, 7) is 15.2. The first-order chi connectivity index (χ1) is 37.3. The number of nitrogens with zero attached hydrogens (tertiary/aromatic N) is 6. The van der Waals surface area contributed by atoms with Gasteiger partial charge in [0.05, 0.1) is 59.2 Å². The molecule has 0 fully saturated rings. The van der Waals surface area contributed by atoms with Crippen molar-refractivity contribution in [3.05, 3.63) is 276 Å². The molecule has 0 aliphatic rings. The number of hydrogen-bond donors (Lipinski definition) is 0. The first kappa shape index (κ1) is 46.2. The molecule has 0 aromatic heterocycles. The Morgan fingerprint density at radius 1 is 0.355 bits per heavy atom. The van der Waals surface area contributed by atoms with Crippen molar-refractivity contribution in [2.45, 2.75) is 0 Å². The molecular weight excluding hydrogens is 939 g/mol. The van der Waals surface area contributed by atoms with Gasteiger partial charge in [-0.15, -0.1) is 0 Å². The molecule has 0 amide bonds. The van der Waals surface area contributed by atoms with Crippen LogP contribution in [-0.4, -0.2) is 0 Å². The lowest BCUT2D eigenvalue weighted by Crippen LogP contribution is -2.14. The summed E-state index contributed by atoms with van der Waals surface area (Å²) in [7, 11) is 0. The van der Waals surface area contributed by atoms with Crippen LogP contribution in [0.1, 0.15) is 11.1 Å². The SMILES string of the molecule is [C-]#[N+]c1ccc(-c2cc(-c3ccc(C#N)cc3)c(F)c(N(c3ccccc3)c3ccc4ccc5c(N(c6ccccc6)c6cc(-c7ccc(C#N)cc7)cc(-c7ccc([N+]#[C-])cc7)c6F)ccc6ccc3c4c65)c2)cc1. The summed E-state index contributed by atoms with van der Waals surface area (Å²) < 4.78 is 36.0. The monoisotopic (exact) mass is 976 g/mol. The van der Waals surface area contributed by atoms with E-state index in [2.05, 4.69) is 58.2 Å². The van der Waals surface area contributed by atoms with Crippen LogP contribution in [0.4, 0.5) is 54.3 Å². The van der Waals surface area contributed by atoms with E-state index in [9.17, 15) is 10.5 Å². The van der Waals surface area contributed by atoms with Crippen molar-refractivity contribution in [1.82, 2.24) is 0 Å². The van der Waals surface area contributed by atoms with E-state index in [1.54, 1.807) is 72.8 Å². The van der Waals surface area contributed by atoms with Gasteiger partial charge in [0, 0.05) is 33.3 Å². The molecule has 0 unspecified atom stereocenters. The van der Waals surface area contributed by atoms with Crippen LogP contribution in [0.15, 0.2) is 231 Å². The van der Waals surface area contributed by atoms with Crippen LogP contribution in [0.5, 0.6) is 0 Å². The molecule has 12 rings (SSSR count). The third-order valence-corrected chi connectivity index (χ3v) is 14.0. The van der Waals surface area contributed by atoms with Crippen LogP contribution in [0.3, 0.4) is 0 Å². The van der Waals surface area contributed by atoms with Gasteiger partial charge in [-0.1, -0.05) is 146 Å². The second-order valence-corrected chi connectivity index (χ2v) is 18.3. The number of nitriles is 2. The van der Waals surface area contributed by atoms with Crippen LogP contribution in [0.25, 0.3) is 86.5 Å². The highest BCUT2D eigenvalue weighted by molar-refractivity contribution is 6.28. The topological polar surface area (TPSA) is 62.8 Å². The van der Waals surface area contributed by atoms with Crippen molar-refractivity contribution >= 4 is 77.8 Å². The zero-order valence-electron chi connectivity index (χ0n) is 40.4. The number of halogens is 2. The minimum atomic E-state index is -0.464. The van der Waals surface area contributed by atoms with E-state index in [1.807, 2.05) is 131 Å². The standard InChI is InChI=1S/C68H38F2N6/c1-73-53-29-21-46(22-30-53)52-38-59(47-19-15-44(42-72)16-20-47)67(69)64(40-52)76(56-11-7-4-8-12-56)62-36-28-50-25-33-57-61(35-27-49-26-34-58(62)66(50)65(49)57)75(55-9-5-3-6-10-55)63-39-51(45-17-13-43(41-71)14-18-45)37-60(68(63)70)48-23-31-54(74-2)32-24-48/h3-40H. The third kappa shape index (κ3) is 8.12. The minimum absolute atomic E-state index is 0.292. The summed E-state index contributed by atoms with van der Waals surface area (Å²) in [5.41, 5.74) is 10.3. The second-order valence-electron chi connectivity index (χ2n) is 18.3. The van der Waals surface area contributed by atoms with Crippen molar-refractivity contribution in [3.8, 4) is 56.6 Å². The fourth-order valence-electron chi connectivity index (χ4n) is 10.3. The molecule has 0 heterocycles. The van der Waals surface area contributed by atoms with Crippen molar-refractivity contribution in [3.63, 3.8) is 0 Å². The van der Waals surface area contributed by atoms with Gasteiger partial charge in [-0.05, 0) is 140 Å². The average Bonchev–Trinajstić information content (AvgIpc) is 3.63. The minimum Gasteiger partial charge on any atom is -0.307 e. The van der Waals surface area contributed by atoms with Crippen molar-refractivity contribution in [1.29, 1.82) is 10.5 Å². The van der Waals surface area contributed by atoms with Crippen LogP contribution in [-0.2, 0) is 0 Å². The van der Waals surface area contributed by atoms with Gasteiger partial charge in [0.25, 0.3) is 0 Å². The molecule has 0 bridgehead atoms. The Balaban J connectivity index is 1.10. The van der Waals surface area contributed by atoms with Crippen LogP contribution in [0.2, 0.25) is 0 Å². The lowest BCUT2D eigenvalue weighted by molar-refractivity contribution is 0.632. The number of rotatable bonds is 10. The Morgan fingerprint density at radius 3 is 1.09 bits per heavy atom.